The minimum atomic E-state index is -3.66. The Hall–Kier alpha value is -2.87. The van der Waals surface area contributed by atoms with E-state index in [0.29, 0.717) is 24.6 Å². The summed E-state index contributed by atoms with van der Waals surface area (Å²) in [6.45, 7) is 2.79. The second-order valence-corrected chi connectivity index (χ2v) is 8.10. The fraction of sp³-hybridized carbons (Fsp3) is 0.263. The lowest BCUT2D eigenvalue weighted by atomic mass is 10.3. The van der Waals surface area contributed by atoms with E-state index in [0.717, 1.165) is 5.56 Å². The molecular weight excluding hydrogens is 362 g/mol. The predicted molar refractivity (Wildman–Crippen MR) is 106 cm³/mol. The van der Waals surface area contributed by atoms with Gasteiger partial charge in [-0.15, -0.1) is 0 Å². The Morgan fingerprint density at radius 3 is 2.37 bits per heavy atom. The molecule has 0 aliphatic heterocycles. The molecule has 0 N–H and O–H groups in total. The van der Waals surface area contributed by atoms with E-state index in [1.807, 2.05) is 50.3 Å². The lowest BCUT2D eigenvalue weighted by Gasteiger charge is -2.23. The monoisotopic (exact) mass is 385 g/mol. The molecule has 0 saturated heterocycles. The quantitative estimate of drug-likeness (QED) is 0.625. The summed E-state index contributed by atoms with van der Waals surface area (Å²) >= 11 is 0. The van der Waals surface area contributed by atoms with Gasteiger partial charge in [0.2, 0.25) is 0 Å². The lowest BCUT2D eigenvalue weighted by molar-refractivity contribution is 0.591. The highest BCUT2D eigenvalue weighted by molar-refractivity contribution is 7.92. The largest absolute Gasteiger partial charge is 0.355 e. The van der Waals surface area contributed by atoms with Gasteiger partial charge in [0.1, 0.15) is 10.7 Å². The van der Waals surface area contributed by atoms with Crippen molar-refractivity contribution in [2.75, 3.05) is 22.8 Å². The molecule has 2 heterocycles. The molecule has 142 valence electrons. The molecule has 0 bridgehead atoms. The van der Waals surface area contributed by atoms with Crippen LogP contribution in [0, 0.1) is 0 Å². The topological polar surface area (TPSA) is 71.3 Å². The average molecular weight is 385 g/mol. The third-order valence-electron chi connectivity index (χ3n) is 4.21. The van der Waals surface area contributed by atoms with Gasteiger partial charge in [-0.3, -0.25) is 8.99 Å². The normalized spacial score (nSPS) is 11.4. The first-order valence-corrected chi connectivity index (χ1v) is 10.1. The molecule has 0 aliphatic rings. The van der Waals surface area contributed by atoms with Gasteiger partial charge >= 0.3 is 0 Å². The van der Waals surface area contributed by atoms with Gasteiger partial charge < -0.3 is 4.90 Å². The molecule has 0 fully saturated rings. The van der Waals surface area contributed by atoms with Crippen LogP contribution >= 0.6 is 0 Å². The summed E-state index contributed by atoms with van der Waals surface area (Å²) < 4.78 is 29.1. The average Bonchev–Trinajstić information content (AvgIpc) is 3.08. The highest BCUT2D eigenvalue weighted by Crippen LogP contribution is 2.24. The van der Waals surface area contributed by atoms with Crippen molar-refractivity contribution in [2.45, 2.75) is 18.4 Å². The number of pyridine rings is 1. The van der Waals surface area contributed by atoms with Crippen LogP contribution in [0.1, 0.15) is 12.5 Å². The molecule has 1 aromatic carbocycles. The Bertz CT molecular complexity index is 984. The van der Waals surface area contributed by atoms with Crippen LogP contribution in [-0.4, -0.2) is 36.8 Å². The number of hydrogen-bond acceptors (Lipinski definition) is 5. The number of sulfonamides is 1. The van der Waals surface area contributed by atoms with Gasteiger partial charge in [-0.1, -0.05) is 18.2 Å². The van der Waals surface area contributed by atoms with Crippen molar-refractivity contribution in [1.29, 1.82) is 0 Å². The third kappa shape index (κ3) is 4.11. The minimum Gasteiger partial charge on any atom is -0.355 e. The maximum atomic E-state index is 13.0. The maximum Gasteiger partial charge on any atom is 0.265 e. The van der Waals surface area contributed by atoms with E-state index in [-0.39, 0.29) is 4.90 Å². The maximum absolute atomic E-state index is 13.0. The van der Waals surface area contributed by atoms with E-state index < -0.39 is 10.0 Å². The SMILES string of the molecule is CCN(c1ccccc1)S(=O)(=O)c1ccc(N(C)Cc2cnn(C)c2)nc1. The van der Waals surface area contributed by atoms with Gasteiger partial charge in [0.15, 0.2) is 0 Å². The molecule has 0 spiro atoms. The van der Waals surface area contributed by atoms with Gasteiger partial charge in [-0.25, -0.2) is 13.4 Å². The molecule has 0 unspecified atom stereocenters. The first-order valence-electron chi connectivity index (χ1n) is 8.64. The second kappa shape index (κ2) is 7.79. The van der Waals surface area contributed by atoms with E-state index >= 15 is 0 Å². The third-order valence-corrected chi connectivity index (χ3v) is 6.10. The van der Waals surface area contributed by atoms with Gasteiger partial charge in [0, 0.05) is 45.1 Å². The van der Waals surface area contributed by atoms with Gasteiger partial charge in [-0.2, -0.15) is 5.10 Å². The fourth-order valence-corrected chi connectivity index (χ4v) is 4.29. The molecule has 8 heteroatoms. The summed E-state index contributed by atoms with van der Waals surface area (Å²) in [6.07, 6.45) is 5.15. The summed E-state index contributed by atoms with van der Waals surface area (Å²) in [6, 6.07) is 12.4. The van der Waals surface area contributed by atoms with Crippen LogP contribution in [0.25, 0.3) is 0 Å². The van der Waals surface area contributed by atoms with E-state index in [1.54, 1.807) is 35.1 Å². The van der Waals surface area contributed by atoms with E-state index in [4.69, 9.17) is 0 Å². The van der Waals surface area contributed by atoms with Crippen molar-refractivity contribution in [1.82, 2.24) is 14.8 Å². The zero-order valence-electron chi connectivity index (χ0n) is 15.6. The Balaban J connectivity index is 1.81. The van der Waals surface area contributed by atoms with E-state index in [2.05, 4.69) is 10.1 Å². The van der Waals surface area contributed by atoms with Crippen molar-refractivity contribution >= 4 is 21.5 Å². The van der Waals surface area contributed by atoms with Crippen LogP contribution in [0.15, 0.2) is 66.0 Å². The number of benzene rings is 1. The molecular formula is C19H23N5O2S. The standard InChI is InChI=1S/C19H23N5O2S/c1-4-24(17-8-6-5-7-9-17)27(25,26)18-10-11-19(20-13-18)22(2)14-16-12-21-23(3)15-16/h5-13,15H,4,14H2,1-3H3. The fourth-order valence-electron chi connectivity index (χ4n) is 2.87. The molecule has 0 amide bonds. The van der Waals surface area contributed by atoms with E-state index in [9.17, 15) is 8.42 Å². The van der Waals surface area contributed by atoms with Crippen molar-refractivity contribution in [3.8, 4) is 0 Å². The van der Waals surface area contributed by atoms with Crippen molar-refractivity contribution < 1.29 is 8.42 Å². The van der Waals surface area contributed by atoms with Crippen LogP contribution in [0.2, 0.25) is 0 Å². The molecule has 3 aromatic rings. The number of aryl methyl sites for hydroxylation is 1. The number of nitrogens with zero attached hydrogens (tertiary/aromatic N) is 5. The molecule has 0 atom stereocenters. The van der Waals surface area contributed by atoms with Gasteiger partial charge in [0.25, 0.3) is 10.0 Å². The molecule has 0 radical (unpaired) electrons. The Morgan fingerprint density at radius 2 is 1.81 bits per heavy atom. The smallest absolute Gasteiger partial charge is 0.265 e. The Kier molecular flexibility index (Phi) is 5.46. The summed E-state index contributed by atoms with van der Waals surface area (Å²) in [5, 5.41) is 4.15. The van der Waals surface area contributed by atoms with Crippen molar-refractivity contribution in [2.24, 2.45) is 7.05 Å². The predicted octanol–water partition coefficient (Wildman–Crippen LogP) is 2.67. The summed E-state index contributed by atoms with van der Waals surface area (Å²) in [7, 11) is 0.114. The highest BCUT2D eigenvalue weighted by atomic mass is 32.2. The Labute approximate surface area is 159 Å². The number of aromatic nitrogens is 3. The molecule has 2 aromatic heterocycles. The van der Waals surface area contributed by atoms with Crippen molar-refractivity contribution in [3.05, 3.63) is 66.6 Å². The Morgan fingerprint density at radius 1 is 1.07 bits per heavy atom. The molecule has 27 heavy (non-hydrogen) atoms. The molecule has 7 nitrogen and oxygen atoms in total. The second-order valence-electron chi connectivity index (χ2n) is 6.24. The summed E-state index contributed by atoms with van der Waals surface area (Å²) in [5.41, 5.74) is 1.69. The van der Waals surface area contributed by atoms with Crippen LogP contribution < -0.4 is 9.21 Å². The van der Waals surface area contributed by atoms with Crippen LogP contribution in [0.4, 0.5) is 11.5 Å². The number of rotatable bonds is 7. The van der Waals surface area contributed by atoms with Gasteiger partial charge in [0.05, 0.1) is 11.9 Å². The zero-order chi connectivity index (χ0) is 19.4. The number of hydrogen-bond donors (Lipinski definition) is 0. The minimum absolute atomic E-state index is 0.173. The van der Waals surface area contributed by atoms with Crippen molar-refractivity contribution in [3.63, 3.8) is 0 Å². The summed E-state index contributed by atoms with van der Waals surface area (Å²) in [5.74, 6) is 0.695. The van der Waals surface area contributed by atoms with Gasteiger partial charge in [-0.05, 0) is 31.2 Å². The van der Waals surface area contributed by atoms with Crippen LogP contribution in [0.3, 0.4) is 0 Å². The number of para-hydroxylation sites is 1. The molecule has 0 saturated carbocycles. The molecule has 0 aliphatic carbocycles. The zero-order valence-corrected chi connectivity index (χ0v) is 16.5. The molecule has 3 rings (SSSR count). The highest BCUT2D eigenvalue weighted by Gasteiger charge is 2.24. The van der Waals surface area contributed by atoms with Crippen LogP contribution in [0.5, 0.6) is 0 Å². The van der Waals surface area contributed by atoms with Crippen LogP contribution in [-0.2, 0) is 23.6 Å². The first kappa shape index (κ1) is 18.9. The number of anilines is 2. The van der Waals surface area contributed by atoms with E-state index in [1.165, 1.54) is 10.5 Å². The first-order chi connectivity index (χ1) is 12.9. The summed E-state index contributed by atoms with van der Waals surface area (Å²) in [4.78, 5) is 6.47. The lowest BCUT2D eigenvalue weighted by Crippen LogP contribution is -2.30.